The SMILES string of the molecule is CC(COC(=O)CCCC(=O)OCC(F)(F)C(F)F)CC(C)(C)C. The molecule has 1 unspecified atom stereocenters. The highest BCUT2D eigenvalue weighted by molar-refractivity contribution is 5.72. The molecule has 0 saturated heterocycles. The molecule has 4 nitrogen and oxygen atoms in total. The molecule has 0 aromatic heterocycles. The standard InChI is InChI=1S/C16H26F4O4/c1-11(8-15(2,3)4)9-23-12(21)6-5-7-13(22)24-10-16(19,20)14(17)18/h11,14H,5-10H2,1-4H3. The summed E-state index contributed by atoms with van der Waals surface area (Å²) in [5, 5.41) is 0. The number of rotatable bonds is 10. The van der Waals surface area contributed by atoms with Gasteiger partial charge in [-0.2, -0.15) is 8.78 Å². The Hall–Kier alpha value is -1.34. The molecule has 0 aromatic carbocycles. The lowest BCUT2D eigenvalue weighted by Crippen LogP contribution is -2.33. The van der Waals surface area contributed by atoms with Crippen LogP contribution in [0.15, 0.2) is 0 Å². The Morgan fingerprint density at radius 1 is 1.00 bits per heavy atom. The first-order valence-electron chi connectivity index (χ1n) is 7.80. The molecule has 0 saturated carbocycles. The van der Waals surface area contributed by atoms with Crippen LogP contribution < -0.4 is 0 Å². The third kappa shape index (κ3) is 11.2. The van der Waals surface area contributed by atoms with E-state index in [1.807, 2.05) is 6.92 Å². The van der Waals surface area contributed by atoms with Crippen molar-refractivity contribution in [1.29, 1.82) is 0 Å². The van der Waals surface area contributed by atoms with Gasteiger partial charge in [-0.05, 0) is 24.2 Å². The molecule has 0 aliphatic carbocycles. The van der Waals surface area contributed by atoms with Gasteiger partial charge in [-0.1, -0.05) is 27.7 Å². The zero-order chi connectivity index (χ0) is 19.0. The minimum atomic E-state index is -4.36. The number of esters is 2. The molecular weight excluding hydrogens is 332 g/mol. The number of alkyl halides is 4. The van der Waals surface area contributed by atoms with Crippen molar-refractivity contribution in [1.82, 2.24) is 0 Å². The Morgan fingerprint density at radius 2 is 1.50 bits per heavy atom. The van der Waals surface area contributed by atoms with Gasteiger partial charge in [0.1, 0.15) is 0 Å². The summed E-state index contributed by atoms with van der Waals surface area (Å²) in [5.74, 6) is -5.72. The molecule has 0 bridgehead atoms. The maximum atomic E-state index is 12.5. The van der Waals surface area contributed by atoms with Crippen LogP contribution in [0.5, 0.6) is 0 Å². The molecule has 0 spiro atoms. The normalized spacial score (nSPS) is 13.7. The Kier molecular flexibility index (Phi) is 9.29. The molecule has 0 heterocycles. The first-order valence-corrected chi connectivity index (χ1v) is 7.80. The minimum Gasteiger partial charge on any atom is -0.465 e. The lowest BCUT2D eigenvalue weighted by molar-refractivity contribution is -0.179. The van der Waals surface area contributed by atoms with Gasteiger partial charge in [-0.25, -0.2) is 8.78 Å². The molecule has 0 rings (SSSR count). The van der Waals surface area contributed by atoms with Gasteiger partial charge in [-0.3, -0.25) is 9.59 Å². The summed E-state index contributed by atoms with van der Waals surface area (Å²) < 4.78 is 58.0. The molecule has 8 heteroatoms. The van der Waals surface area contributed by atoms with Crippen LogP contribution in [0.25, 0.3) is 0 Å². The molecule has 0 fully saturated rings. The van der Waals surface area contributed by atoms with Crippen LogP contribution in [0.4, 0.5) is 17.6 Å². The van der Waals surface area contributed by atoms with Crippen LogP contribution in [0.1, 0.15) is 53.4 Å². The number of carbonyl (C=O) groups excluding carboxylic acids is 2. The van der Waals surface area contributed by atoms with Gasteiger partial charge >= 0.3 is 24.3 Å². The third-order valence-corrected chi connectivity index (χ3v) is 3.00. The van der Waals surface area contributed by atoms with Crippen LogP contribution >= 0.6 is 0 Å². The number of hydrogen-bond donors (Lipinski definition) is 0. The summed E-state index contributed by atoms with van der Waals surface area (Å²) in [4.78, 5) is 22.7. The van der Waals surface area contributed by atoms with E-state index in [1.54, 1.807) is 0 Å². The number of hydrogen-bond acceptors (Lipinski definition) is 4. The van der Waals surface area contributed by atoms with Gasteiger partial charge < -0.3 is 9.47 Å². The highest BCUT2D eigenvalue weighted by Crippen LogP contribution is 2.24. The van der Waals surface area contributed by atoms with Crippen LogP contribution in [0.3, 0.4) is 0 Å². The van der Waals surface area contributed by atoms with Gasteiger partial charge in [0.2, 0.25) is 0 Å². The van der Waals surface area contributed by atoms with E-state index in [4.69, 9.17) is 4.74 Å². The Bertz CT molecular complexity index is 405. The van der Waals surface area contributed by atoms with Crippen molar-refractivity contribution in [3.05, 3.63) is 0 Å². The number of ether oxygens (including phenoxy) is 2. The zero-order valence-electron chi connectivity index (χ0n) is 14.5. The monoisotopic (exact) mass is 358 g/mol. The first-order chi connectivity index (χ1) is 10.8. The topological polar surface area (TPSA) is 52.6 Å². The Balaban J connectivity index is 3.87. The number of carbonyl (C=O) groups is 2. The molecule has 0 radical (unpaired) electrons. The van der Waals surface area contributed by atoms with Crippen molar-refractivity contribution in [2.75, 3.05) is 13.2 Å². The molecule has 0 aromatic rings. The fraction of sp³-hybridized carbons (Fsp3) is 0.875. The van der Waals surface area contributed by atoms with E-state index in [0.29, 0.717) is 0 Å². The largest absolute Gasteiger partial charge is 0.465 e. The van der Waals surface area contributed by atoms with Crippen LogP contribution in [-0.2, 0) is 19.1 Å². The highest BCUT2D eigenvalue weighted by Gasteiger charge is 2.42. The Labute approximate surface area is 139 Å². The quantitative estimate of drug-likeness (QED) is 0.433. The van der Waals surface area contributed by atoms with Crippen LogP contribution in [-0.4, -0.2) is 37.5 Å². The first kappa shape index (κ1) is 22.7. The second kappa shape index (κ2) is 9.84. The second-order valence-corrected chi connectivity index (χ2v) is 7.13. The van der Waals surface area contributed by atoms with Crippen molar-refractivity contribution < 1.29 is 36.6 Å². The molecule has 1 atom stereocenters. The molecule has 24 heavy (non-hydrogen) atoms. The predicted molar refractivity (Wildman–Crippen MR) is 80.0 cm³/mol. The predicted octanol–water partition coefficient (Wildman–Crippen LogP) is 4.22. The van der Waals surface area contributed by atoms with Crippen molar-refractivity contribution in [2.45, 2.75) is 65.7 Å². The third-order valence-electron chi connectivity index (χ3n) is 3.00. The summed E-state index contributed by atoms with van der Waals surface area (Å²) in [7, 11) is 0. The molecular formula is C16H26F4O4. The molecule has 142 valence electrons. The summed E-state index contributed by atoms with van der Waals surface area (Å²) in [6, 6.07) is 0. The van der Waals surface area contributed by atoms with Crippen molar-refractivity contribution in [3.63, 3.8) is 0 Å². The van der Waals surface area contributed by atoms with Crippen LogP contribution in [0, 0.1) is 11.3 Å². The van der Waals surface area contributed by atoms with Crippen molar-refractivity contribution in [3.8, 4) is 0 Å². The van der Waals surface area contributed by atoms with E-state index in [1.165, 1.54) is 0 Å². The fourth-order valence-electron chi connectivity index (χ4n) is 2.10. The average Bonchev–Trinajstić information content (AvgIpc) is 2.41. The van der Waals surface area contributed by atoms with Gasteiger partial charge in [0.05, 0.1) is 6.61 Å². The molecule has 0 amide bonds. The smallest absolute Gasteiger partial charge is 0.340 e. The summed E-state index contributed by atoms with van der Waals surface area (Å²) in [5.41, 5.74) is 0.121. The summed E-state index contributed by atoms with van der Waals surface area (Å²) in [6.07, 6.45) is -3.35. The van der Waals surface area contributed by atoms with Gasteiger partial charge in [0.15, 0.2) is 6.61 Å². The van der Waals surface area contributed by atoms with E-state index in [9.17, 15) is 27.2 Å². The lowest BCUT2D eigenvalue weighted by atomic mass is 9.86. The maximum Gasteiger partial charge on any atom is 0.340 e. The van der Waals surface area contributed by atoms with Crippen molar-refractivity contribution >= 4 is 11.9 Å². The molecule has 0 aliphatic rings. The summed E-state index contributed by atoms with van der Waals surface area (Å²) in [6.45, 7) is 6.79. The van der Waals surface area contributed by atoms with E-state index < -0.39 is 30.9 Å². The number of halogens is 4. The summed E-state index contributed by atoms with van der Waals surface area (Å²) >= 11 is 0. The second-order valence-electron chi connectivity index (χ2n) is 7.13. The molecule has 0 N–H and O–H groups in total. The fourth-order valence-corrected chi connectivity index (χ4v) is 2.10. The Morgan fingerprint density at radius 3 is 1.96 bits per heavy atom. The van der Waals surface area contributed by atoms with Gasteiger partial charge in [-0.15, -0.1) is 0 Å². The zero-order valence-corrected chi connectivity index (χ0v) is 14.5. The highest BCUT2D eigenvalue weighted by atomic mass is 19.3. The molecule has 0 aliphatic heterocycles. The lowest BCUT2D eigenvalue weighted by Gasteiger charge is -2.22. The van der Waals surface area contributed by atoms with E-state index in [0.717, 1.165) is 6.42 Å². The van der Waals surface area contributed by atoms with E-state index in [2.05, 4.69) is 25.5 Å². The van der Waals surface area contributed by atoms with Gasteiger partial charge in [0.25, 0.3) is 0 Å². The van der Waals surface area contributed by atoms with E-state index in [-0.39, 0.29) is 37.2 Å². The maximum absolute atomic E-state index is 12.5. The van der Waals surface area contributed by atoms with Crippen molar-refractivity contribution in [2.24, 2.45) is 11.3 Å². The average molecular weight is 358 g/mol. The van der Waals surface area contributed by atoms with E-state index >= 15 is 0 Å². The van der Waals surface area contributed by atoms with Gasteiger partial charge in [0, 0.05) is 12.8 Å². The van der Waals surface area contributed by atoms with Crippen LogP contribution in [0.2, 0.25) is 0 Å². The minimum absolute atomic E-state index is 0.0472.